The first kappa shape index (κ1) is 24.6. The second kappa shape index (κ2) is 13.0. The van der Waals surface area contributed by atoms with Crippen molar-refractivity contribution in [2.75, 3.05) is 0 Å². The highest BCUT2D eigenvalue weighted by molar-refractivity contribution is 6.13. The molecule has 8 aromatic carbocycles. The third kappa shape index (κ3) is 5.37. The third-order valence-electron chi connectivity index (χ3n) is 10.1. The van der Waals surface area contributed by atoms with E-state index in [1.165, 1.54) is 4.57 Å². The van der Waals surface area contributed by atoms with E-state index < -0.39 is 36.3 Å². The molecule has 0 bridgehead atoms. The molecule has 3 heterocycles. The van der Waals surface area contributed by atoms with Gasteiger partial charge in [-0.3, -0.25) is 0 Å². The van der Waals surface area contributed by atoms with Crippen LogP contribution in [0.25, 0.3) is 106 Å². The zero-order valence-corrected chi connectivity index (χ0v) is 29.6. The fourth-order valence-corrected chi connectivity index (χ4v) is 7.46. The van der Waals surface area contributed by atoms with Crippen LogP contribution in [0.5, 0.6) is 0 Å². The van der Waals surface area contributed by atoms with E-state index in [9.17, 15) is 0 Å². The van der Waals surface area contributed by atoms with Gasteiger partial charge in [-0.1, -0.05) is 152 Å². The topological polar surface area (TPSA) is 56.7 Å². The number of nitrogens with zero attached hydrogens (tertiary/aromatic N) is 4. The molecule has 3 aromatic heterocycles. The lowest BCUT2D eigenvalue weighted by atomic mass is 10.0. The van der Waals surface area contributed by atoms with Crippen LogP contribution in [0.15, 0.2) is 198 Å². The van der Waals surface area contributed by atoms with Crippen molar-refractivity contribution in [3.8, 4) is 62.1 Å². The summed E-state index contributed by atoms with van der Waals surface area (Å²) in [6.07, 6.45) is 0. The molecule has 262 valence electrons. The second-order valence-corrected chi connectivity index (χ2v) is 13.5. The van der Waals surface area contributed by atoms with Gasteiger partial charge in [0.1, 0.15) is 11.2 Å². The van der Waals surface area contributed by atoms with Gasteiger partial charge in [0.25, 0.3) is 0 Å². The number of hydrogen-bond acceptors (Lipinski definition) is 4. The minimum atomic E-state index is -0.497. The highest BCUT2D eigenvalue weighted by atomic mass is 16.3. The van der Waals surface area contributed by atoms with Crippen molar-refractivity contribution in [3.05, 3.63) is 194 Å². The monoisotopic (exact) mass is 724 g/mol. The molecule has 0 aliphatic carbocycles. The lowest BCUT2D eigenvalue weighted by Crippen LogP contribution is -2.00. The van der Waals surface area contributed by atoms with Crippen LogP contribution in [-0.2, 0) is 0 Å². The van der Waals surface area contributed by atoms with Crippen molar-refractivity contribution in [2.24, 2.45) is 0 Å². The minimum Gasteiger partial charge on any atom is -0.455 e. The average Bonchev–Trinajstić information content (AvgIpc) is 3.91. The van der Waals surface area contributed by atoms with Gasteiger partial charge in [0.05, 0.1) is 22.0 Å². The largest absolute Gasteiger partial charge is 0.455 e. The lowest BCUT2D eigenvalue weighted by Gasteiger charge is -2.11. The summed E-state index contributed by atoms with van der Waals surface area (Å²) in [5.74, 6) is 1.45. The van der Waals surface area contributed by atoms with Gasteiger partial charge in [0.2, 0.25) is 0 Å². The molecule has 0 spiro atoms. The van der Waals surface area contributed by atoms with E-state index in [2.05, 4.69) is 24.3 Å². The Hall–Kier alpha value is -7.63. The van der Waals surface area contributed by atoms with Gasteiger partial charge in [0, 0.05) is 49.5 Å². The third-order valence-corrected chi connectivity index (χ3v) is 10.1. The molecule has 0 saturated carbocycles. The van der Waals surface area contributed by atoms with E-state index in [1.807, 2.05) is 121 Å². The summed E-state index contributed by atoms with van der Waals surface area (Å²) in [5, 5.41) is 1.42. The molecule has 11 rings (SSSR count). The summed E-state index contributed by atoms with van der Waals surface area (Å²) in [6.45, 7) is 0. The molecule has 0 amide bonds. The summed E-state index contributed by atoms with van der Waals surface area (Å²) < 4.78 is 78.7. The molecule has 5 nitrogen and oxygen atoms in total. The van der Waals surface area contributed by atoms with Crippen LogP contribution in [0, 0.1) is 0 Å². The fraction of sp³-hybridized carbons (Fsp3) is 0. The van der Waals surface area contributed by atoms with Crippen molar-refractivity contribution in [2.45, 2.75) is 0 Å². The van der Waals surface area contributed by atoms with Crippen LogP contribution in [0.4, 0.5) is 0 Å². The molecule has 0 radical (unpaired) electrons. The van der Waals surface area contributed by atoms with Crippen LogP contribution in [0.1, 0.15) is 11.0 Å². The maximum absolute atomic E-state index is 9.11. The van der Waals surface area contributed by atoms with Gasteiger partial charge in [-0.25, -0.2) is 15.0 Å². The molecule has 11 aromatic rings. The highest BCUT2D eigenvalue weighted by Crippen LogP contribution is 2.41. The molecule has 0 N–H and O–H groups in total. The summed E-state index contributed by atoms with van der Waals surface area (Å²) in [6, 6.07) is 43.5. The summed E-state index contributed by atoms with van der Waals surface area (Å²) in [4.78, 5) is 15.0. The van der Waals surface area contributed by atoms with Gasteiger partial charge in [-0.15, -0.1) is 0 Å². The summed E-state index contributed by atoms with van der Waals surface area (Å²) in [7, 11) is 0. The normalized spacial score (nSPS) is 13.6. The highest BCUT2D eigenvalue weighted by Gasteiger charge is 2.20. The fourth-order valence-electron chi connectivity index (χ4n) is 7.46. The predicted octanol–water partition coefficient (Wildman–Crippen LogP) is 13.2. The van der Waals surface area contributed by atoms with E-state index in [0.29, 0.717) is 50.8 Å². The molecule has 5 heteroatoms. The van der Waals surface area contributed by atoms with Gasteiger partial charge in [0.15, 0.2) is 17.5 Å². The molecule has 0 unspecified atom stereocenters. The number of aromatic nitrogens is 4. The molecular formula is C51H32N4O. The number of para-hydroxylation sites is 2. The van der Waals surface area contributed by atoms with Crippen molar-refractivity contribution in [1.82, 2.24) is 19.5 Å². The van der Waals surface area contributed by atoms with Crippen molar-refractivity contribution < 1.29 is 15.4 Å². The predicted molar refractivity (Wildman–Crippen MR) is 229 cm³/mol. The lowest BCUT2D eigenvalue weighted by molar-refractivity contribution is 0.670. The van der Waals surface area contributed by atoms with Crippen LogP contribution in [0.3, 0.4) is 0 Å². The molecule has 56 heavy (non-hydrogen) atoms. The SMILES string of the molecule is [2H]c1c([2H])c([2H])c2c(c1[2H])c1c([2H])c([2H])c([2H])c([2H])c1n2-c1cc(-c2ccccc2)c2oc3cc(-c4nc(-c5ccccc5)nc(-c5cccc(-c6ccccc6)c5)n4)ccc3c2c1. The van der Waals surface area contributed by atoms with Gasteiger partial charge in [-0.2, -0.15) is 0 Å². The van der Waals surface area contributed by atoms with Crippen LogP contribution < -0.4 is 0 Å². The first-order valence-electron chi connectivity index (χ1n) is 22.1. The Morgan fingerprint density at radius 1 is 0.411 bits per heavy atom. The van der Waals surface area contributed by atoms with E-state index >= 15 is 0 Å². The Bertz CT molecular complexity index is 3630. The van der Waals surface area contributed by atoms with Gasteiger partial charge < -0.3 is 8.98 Å². The Morgan fingerprint density at radius 3 is 1.61 bits per heavy atom. The number of hydrogen-bond donors (Lipinski definition) is 0. The minimum absolute atomic E-state index is 0.00874. The zero-order valence-electron chi connectivity index (χ0n) is 37.6. The number of benzene rings is 8. The van der Waals surface area contributed by atoms with Crippen molar-refractivity contribution >= 4 is 43.7 Å². The number of rotatable bonds is 6. The van der Waals surface area contributed by atoms with Crippen LogP contribution >= 0.6 is 0 Å². The first-order chi connectivity index (χ1) is 31.1. The molecule has 0 saturated heterocycles. The van der Waals surface area contributed by atoms with Gasteiger partial charge >= 0.3 is 0 Å². The van der Waals surface area contributed by atoms with Gasteiger partial charge in [-0.05, 0) is 59.1 Å². The molecular weight excluding hydrogens is 685 g/mol. The smallest absolute Gasteiger partial charge is 0.164 e. The van der Waals surface area contributed by atoms with E-state index in [4.69, 9.17) is 30.3 Å². The Morgan fingerprint density at radius 2 is 0.946 bits per heavy atom. The summed E-state index contributed by atoms with van der Waals surface area (Å²) >= 11 is 0. The number of fused-ring (bicyclic) bond motifs is 6. The Kier molecular flexibility index (Phi) is 5.74. The maximum Gasteiger partial charge on any atom is 0.164 e. The second-order valence-electron chi connectivity index (χ2n) is 13.5. The zero-order chi connectivity index (χ0) is 44.0. The van der Waals surface area contributed by atoms with E-state index in [-0.39, 0.29) is 33.9 Å². The first-order valence-corrected chi connectivity index (χ1v) is 18.1. The molecule has 0 fully saturated rings. The van der Waals surface area contributed by atoms with Crippen molar-refractivity contribution in [1.29, 1.82) is 0 Å². The number of furan rings is 1. The molecule has 0 aliphatic heterocycles. The molecule has 0 aliphatic rings. The van der Waals surface area contributed by atoms with Crippen LogP contribution in [0.2, 0.25) is 0 Å². The van der Waals surface area contributed by atoms with Crippen molar-refractivity contribution in [3.63, 3.8) is 0 Å². The summed E-state index contributed by atoms with van der Waals surface area (Å²) in [5.41, 5.74) is 7.47. The van der Waals surface area contributed by atoms with E-state index in [1.54, 1.807) is 0 Å². The Labute approximate surface area is 334 Å². The van der Waals surface area contributed by atoms with Crippen LogP contribution in [-0.4, -0.2) is 19.5 Å². The van der Waals surface area contributed by atoms with E-state index in [0.717, 1.165) is 33.2 Å². The molecule has 0 atom stereocenters. The Balaban J connectivity index is 1.16. The quantitative estimate of drug-likeness (QED) is 0.171. The maximum atomic E-state index is 9.11. The standard InChI is InChI=1S/C51H32N4O/c1-4-15-33(16-5-1)36-21-14-22-37(29-36)50-52-49(35-19-8-3-9-20-35)53-51(54-50)38-27-28-42-44-32-39(31-43(34-17-6-2-7-18-34)48(44)56-47(42)30-38)55-45-25-12-10-23-40(45)41-24-11-13-26-46(41)55/h1-32H/i10D,11D,12D,13D,23D,24D,25D,26D. The average molecular weight is 725 g/mol.